The van der Waals surface area contributed by atoms with Crippen LogP contribution in [0.15, 0.2) is 24.3 Å². The van der Waals surface area contributed by atoms with Crippen molar-refractivity contribution >= 4 is 0 Å². The summed E-state index contributed by atoms with van der Waals surface area (Å²) in [6, 6.07) is 7.96. The summed E-state index contributed by atoms with van der Waals surface area (Å²) in [7, 11) is 0. The number of halogens is 1. The van der Waals surface area contributed by atoms with Crippen molar-refractivity contribution in [1.29, 1.82) is 0 Å². The Morgan fingerprint density at radius 2 is 2.10 bits per heavy atom. The first kappa shape index (κ1) is 15.5. The average Bonchev–Trinajstić information content (AvgIpc) is 2.36. The fourth-order valence-corrected chi connectivity index (χ4v) is 2.77. The summed E-state index contributed by atoms with van der Waals surface area (Å²) in [5.74, 6) is 0.938. The molecule has 0 aromatic heterocycles. The smallest absolute Gasteiger partial charge is 0.123 e. The maximum Gasteiger partial charge on any atom is 0.123 e. The topological polar surface area (TPSA) is 21.3 Å². The summed E-state index contributed by atoms with van der Waals surface area (Å²) in [4.78, 5) is 0. The first-order valence-corrected chi connectivity index (χ1v) is 7.69. The van der Waals surface area contributed by atoms with Crippen molar-refractivity contribution in [3.05, 3.63) is 35.6 Å². The predicted molar refractivity (Wildman–Crippen MR) is 80.4 cm³/mol. The number of hydrogen-bond donors (Lipinski definition) is 1. The maximum atomic E-state index is 13.2. The molecule has 0 radical (unpaired) electrons. The van der Waals surface area contributed by atoms with Gasteiger partial charge in [-0.2, -0.15) is 0 Å². The molecule has 0 aliphatic heterocycles. The normalized spacial score (nSPS) is 23.6. The molecule has 1 aliphatic carbocycles. The predicted octanol–water partition coefficient (Wildman–Crippen LogP) is 3.72. The van der Waals surface area contributed by atoms with Crippen LogP contribution in [0.1, 0.15) is 45.1 Å². The van der Waals surface area contributed by atoms with Crippen LogP contribution in [0.3, 0.4) is 0 Å². The fraction of sp³-hybridized carbons (Fsp3) is 0.647. The molecule has 1 aliphatic rings. The average molecular weight is 279 g/mol. The summed E-state index contributed by atoms with van der Waals surface area (Å²) in [6.07, 6.45) is 2.19. The third kappa shape index (κ3) is 4.03. The van der Waals surface area contributed by atoms with E-state index < -0.39 is 0 Å². The van der Waals surface area contributed by atoms with Gasteiger partial charge in [0.05, 0.1) is 6.61 Å². The van der Waals surface area contributed by atoms with Gasteiger partial charge in [0.25, 0.3) is 0 Å². The van der Waals surface area contributed by atoms with E-state index in [2.05, 4.69) is 19.2 Å². The first-order chi connectivity index (χ1) is 9.60. The molecule has 3 heteroatoms. The highest BCUT2D eigenvalue weighted by Gasteiger charge is 2.32. The van der Waals surface area contributed by atoms with Crippen molar-refractivity contribution in [3.63, 3.8) is 0 Å². The van der Waals surface area contributed by atoms with Gasteiger partial charge in [0.15, 0.2) is 0 Å². The zero-order valence-corrected chi connectivity index (χ0v) is 12.7. The molecule has 1 N–H and O–H groups in total. The molecule has 1 aromatic rings. The Hall–Kier alpha value is -0.930. The summed E-state index contributed by atoms with van der Waals surface area (Å²) in [5.41, 5.74) is 1.13. The third-order valence-corrected chi connectivity index (χ3v) is 4.21. The van der Waals surface area contributed by atoms with Crippen molar-refractivity contribution in [1.82, 2.24) is 5.32 Å². The van der Waals surface area contributed by atoms with Gasteiger partial charge >= 0.3 is 0 Å². The monoisotopic (exact) mass is 279 g/mol. The van der Waals surface area contributed by atoms with Crippen LogP contribution in [0.2, 0.25) is 0 Å². The lowest BCUT2D eigenvalue weighted by Gasteiger charge is -2.39. The van der Waals surface area contributed by atoms with Crippen molar-refractivity contribution in [3.8, 4) is 0 Å². The van der Waals surface area contributed by atoms with Gasteiger partial charge in [0.1, 0.15) is 5.82 Å². The maximum absolute atomic E-state index is 13.2. The van der Waals surface area contributed by atoms with Crippen LogP contribution in [0.25, 0.3) is 0 Å². The molecule has 1 saturated carbocycles. The number of benzene rings is 1. The van der Waals surface area contributed by atoms with E-state index in [4.69, 9.17) is 4.74 Å². The van der Waals surface area contributed by atoms with Crippen LogP contribution in [-0.2, 0) is 4.74 Å². The minimum absolute atomic E-state index is 0.129. The number of hydrogen-bond acceptors (Lipinski definition) is 2. The highest BCUT2D eigenvalue weighted by atomic mass is 19.1. The zero-order valence-electron chi connectivity index (χ0n) is 12.7. The summed E-state index contributed by atoms with van der Waals surface area (Å²) >= 11 is 0. The van der Waals surface area contributed by atoms with Gasteiger partial charge < -0.3 is 10.1 Å². The Morgan fingerprint density at radius 1 is 1.35 bits per heavy atom. The Morgan fingerprint density at radius 3 is 2.70 bits per heavy atom. The van der Waals surface area contributed by atoms with Gasteiger partial charge in [-0.1, -0.05) is 26.0 Å². The highest BCUT2D eigenvalue weighted by molar-refractivity contribution is 5.23. The molecule has 1 unspecified atom stereocenters. The summed E-state index contributed by atoms with van der Waals surface area (Å²) in [6.45, 7) is 8.01. The Bertz CT molecular complexity index is 415. The molecule has 1 fully saturated rings. The highest BCUT2D eigenvalue weighted by Crippen LogP contribution is 2.37. The molecular weight excluding hydrogens is 253 g/mol. The Kier molecular flexibility index (Phi) is 5.55. The number of ether oxygens (including phenoxy) is 1. The van der Waals surface area contributed by atoms with Crippen molar-refractivity contribution in [2.24, 2.45) is 5.92 Å². The molecular formula is C17H26FNO. The summed E-state index contributed by atoms with van der Waals surface area (Å²) < 4.78 is 18.7. The molecule has 2 rings (SSSR count). The van der Waals surface area contributed by atoms with E-state index in [0.29, 0.717) is 23.9 Å². The molecule has 0 bridgehead atoms. The van der Waals surface area contributed by atoms with Gasteiger partial charge in [-0.05, 0) is 49.3 Å². The summed E-state index contributed by atoms with van der Waals surface area (Å²) in [5, 5.41) is 3.68. The molecule has 1 aromatic carbocycles. The van der Waals surface area contributed by atoms with Gasteiger partial charge in [-0.25, -0.2) is 4.39 Å². The van der Waals surface area contributed by atoms with Crippen LogP contribution in [-0.4, -0.2) is 25.3 Å². The molecule has 0 amide bonds. The molecule has 0 spiro atoms. The van der Waals surface area contributed by atoms with Crippen LogP contribution in [0.4, 0.5) is 4.39 Å². The van der Waals surface area contributed by atoms with E-state index >= 15 is 0 Å². The van der Waals surface area contributed by atoms with Gasteiger partial charge in [0, 0.05) is 18.7 Å². The lowest BCUT2D eigenvalue weighted by molar-refractivity contribution is 0.0943. The molecule has 0 saturated heterocycles. The van der Waals surface area contributed by atoms with E-state index in [9.17, 15) is 4.39 Å². The van der Waals surface area contributed by atoms with E-state index in [1.807, 2.05) is 13.0 Å². The van der Waals surface area contributed by atoms with E-state index in [1.165, 1.54) is 6.07 Å². The molecule has 2 nitrogen and oxygen atoms in total. The van der Waals surface area contributed by atoms with Crippen molar-refractivity contribution in [2.45, 2.75) is 51.6 Å². The first-order valence-electron chi connectivity index (χ1n) is 7.69. The molecule has 20 heavy (non-hydrogen) atoms. The fourth-order valence-electron chi connectivity index (χ4n) is 2.77. The van der Waals surface area contributed by atoms with E-state index in [0.717, 1.165) is 31.6 Å². The second-order valence-corrected chi connectivity index (χ2v) is 6.10. The van der Waals surface area contributed by atoms with Crippen LogP contribution in [0, 0.1) is 11.7 Å². The van der Waals surface area contributed by atoms with Crippen LogP contribution >= 0.6 is 0 Å². The van der Waals surface area contributed by atoms with E-state index in [-0.39, 0.29) is 5.82 Å². The lowest BCUT2D eigenvalue weighted by atomic mass is 9.75. The van der Waals surface area contributed by atoms with Gasteiger partial charge in [-0.3, -0.25) is 0 Å². The van der Waals surface area contributed by atoms with E-state index in [1.54, 1.807) is 12.1 Å². The number of rotatable bonds is 7. The second-order valence-electron chi connectivity index (χ2n) is 6.10. The van der Waals surface area contributed by atoms with Crippen LogP contribution < -0.4 is 5.32 Å². The standard InChI is InChI=1S/C17H26FNO/c1-4-20-11-17(12(2)3)19-16-9-14(10-16)13-6-5-7-15(18)8-13/h5-8,12,14,16-17,19H,4,9-11H2,1-3H3. The largest absolute Gasteiger partial charge is 0.380 e. The number of nitrogens with one attached hydrogen (secondary N) is 1. The van der Waals surface area contributed by atoms with Crippen molar-refractivity contribution in [2.75, 3.05) is 13.2 Å². The third-order valence-electron chi connectivity index (χ3n) is 4.21. The van der Waals surface area contributed by atoms with Gasteiger partial charge in [0.2, 0.25) is 0 Å². The zero-order chi connectivity index (χ0) is 14.5. The lowest BCUT2D eigenvalue weighted by Crippen LogP contribution is -2.49. The van der Waals surface area contributed by atoms with Crippen LogP contribution in [0.5, 0.6) is 0 Å². The minimum Gasteiger partial charge on any atom is -0.380 e. The minimum atomic E-state index is -0.129. The van der Waals surface area contributed by atoms with Crippen molar-refractivity contribution < 1.29 is 9.13 Å². The van der Waals surface area contributed by atoms with Gasteiger partial charge in [-0.15, -0.1) is 0 Å². The quantitative estimate of drug-likeness (QED) is 0.821. The second kappa shape index (κ2) is 7.19. The Balaban J connectivity index is 1.80. The Labute approximate surface area is 121 Å². The molecule has 112 valence electrons. The molecule has 1 atom stereocenters. The SMILES string of the molecule is CCOCC(NC1CC(c2cccc(F)c2)C1)C(C)C. The molecule has 0 heterocycles.